The van der Waals surface area contributed by atoms with Crippen molar-refractivity contribution in [2.45, 2.75) is 78.1 Å². The predicted octanol–water partition coefficient (Wildman–Crippen LogP) is 5.92. The van der Waals surface area contributed by atoms with Gasteiger partial charge in [-0.2, -0.15) is 0 Å². The van der Waals surface area contributed by atoms with Gasteiger partial charge in [-0.1, -0.05) is 65.7 Å². The molecule has 0 spiro atoms. The van der Waals surface area contributed by atoms with Crippen LogP contribution in [0.4, 0.5) is 5.82 Å². The monoisotopic (exact) mass is 355 g/mol. The summed E-state index contributed by atoms with van der Waals surface area (Å²) < 4.78 is 0.861. The molecule has 120 valence electrons. The molecule has 1 aromatic heterocycles. The summed E-state index contributed by atoms with van der Waals surface area (Å²) in [4.78, 5) is 8.94. The summed E-state index contributed by atoms with van der Waals surface area (Å²) in [7, 11) is 0. The SMILES string of the molecule is CCCCCCCCCCNc1cc(Br)nc(C(C)C)n1. The van der Waals surface area contributed by atoms with Crippen LogP contribution < -0.4 is 5.32 Å². The standard InChI is InChI=1S/C17H30BrN3/c1-4-5-6-7-8-9-10-11-12-19-16-13-15(18)20-17(21-16)14(2)3/h13-14H,4-12H2,1-3H3,(H,19,20,21). The van der Waals surface area contributed by atoms with Gasteiger partial charge in [-0.15, -0.1) is 0 Å². The molecule has 3 nitrogen and oxygen atoms in total. The molecule has 0 atom stereocenters. The van der Waals surface area contributed by atoms with E-state index < -0.39 is 0 Å². The zero-order chi connectivity index (χ0) is 15.5. The molecule has 0 bridgehead atoms. The van der Waals surface area contributed by atoms with E-state index in [1.54, 1.807) is 0 Å². The van der Waals surface area contributed by atoms with Gasteiger partial charge in [-0.05, 0) is 22.4 Å². The lowest BCUT2D eigenvalue weighted by atomic mass is 10.1. The van der Waals surface area contributed by atoms with E-state index in [1.807, 2.05) is 6.07 Å². The highest BCUT2D eigenvalue weighted by atomic mass is 79.9. The van der Waals surface area contributed by atoms with Gasteiger partial charge >= 0.3 is 0 Å². The average molecular weight is 356 g/mol. The van der Waals surface area contributed by atoms with Crippen LogP contribution in [0, 0.1) is 0 Å². The number of unbranched alkanes of at least 4 members (excludes halogenated alkanes) is 7. The van der Waals surface area contributed by atoms with E-state index in [-0.39, 0.29) is 0 Å². The van der Waals surface area contributed by atoms with Crippen molar-refractivity contribution in [3.8, 4) is 0 Å². The van der Waals surface area contributed by atoms with Crippen LogP contribution in [0.15, 0.2) is 10.7 Å². The number of hydrogen-bond acceptors (Lipinski definition) is 3. The van der Waals surface area contributed by atoms with Crippen LogP contribution in [0.3, 0.4) is 0 Å². The van der Waals surface area contributed by atoms with E-state index in [4.69, 9.17) is 0 Å². The molecule has 1 aromatic rings. The molecule has 0 unspecified atom stereocenters. The first-order valence-corrected chi connectivity index (χ1v) is 9.21. The van der Waals surface area contributed by atoms with Crippen LogP contribution in [0.5, 0.6) is 0 Å². The third-order valence-electron chi connectivity index (χ3n) is 3.57. The molecule has 1 N–H and O–H groups in total. The lowest BCUT2D eigenvalue weighted by Gasteiger charge is -2.09. The molecule has 0 radical (unpaired) electrons. The summed E-state index contributed by atoms with van der Waals surface area (Å²) in [6.45, 7) is 7.49. The quantitative estimate of drug-likeness (QED) is 0.395. The smallest absolute Gasteiger partial charge is 0.134 e. The second kappa shape index (κ2) is 11.0. The lowest BCUT2D eigenvalue weighted by Crippen LogP contribution is -2.07. The maximum absolute atomic E-state index is 4.55. The van der Waals surface area contributed by atoms with Crippen LogP contribution >= 0.6 is 15.9 Å². The molecule has 0 amide bonds. The second-order valence-corrected chi connectivity index (χ2v) is 6.80. The van der Waals surface area contributed by atoms with Crippen LogP contribution in [-0.4, -0.2) is 16.5 Å². The molecule has 0 saturated carbocycles. The van der Waals surface area contributed by atoms with Gasteiger partial charge in [0.1, 0.15) is 16.2 Å². The summed E-state index contributed by atoms with van der Waals surface area (Å²) in [5, 5.41) is 3.41. The second-order valence-electron chi connectivity index (χ2n) is 5.99. The van der Waals surface area contributed by atoms with Crippen molar-refractivity contribution in [2.24, 2.45) is 0 Å². The highest BCUT2D eigenvalue weighted by molar-refractivity contribution is 9.10. The Labute approximate surface area is 138 Å². The fourth-order valence-corrected chi connectivity index (χ4v) is 2.66. The molecule has 21 heavy (non-hydrogen) atoms. The van der Waals surface area contributed by atoms with Crippen molar-refractivity contribution < 1.29 is 0 Å². The van der Waals surface area contributed by atoms with Gasteiger partial charge in [0.25, 0.3) is 0 Å². The summed E-state index contributed by atoms with van der Waals surface area (Å²) in [5.41, 5.74) is 0. The average Bonchev–Trinajstić information content (AvgIpc) is 2.45. The van der Waals surface area contributed by atoms with Crippen molar-refractivity contribution in [3.63, 3.8) is 0 Å². The molecule has 0 aliphatic heterocycles. The van der Waals surface area contributed by atoms with Crippen molar-refractivity contribution in [1.82, 2.24) is 9.97 Å². The van der Waals surface area contributed by atoms with Gasteiger partial charge in [0.15, 0.2) is 0 Å². The van der Waals surface area contributed by atoms with E-state index in [2.05, 4.69) is 52.0 Å². The Morgan fingerprint density at radius 3 is 2.24 bits per heavy atom. The Kier molecular flexibility index (Phi) is 9.64. The maximum Gasteiger partial charge on any atom is 0.134 e. The van der Waals surface area contributed by atoms with Crippen molar-refractivity contribution in [2.75, 3.05) is 11.9 Å². The normalized spacial score (nSPS) is 11.1. The molecule has 1 rings (SSSR count). The highest BCUT2D eigenvalue weighted by Crippen LogP contribution is 2.17. The predicted molar refractivity (Wildman–Crippen MR) is 94.9 cm³/mol. The summed E-state index contributed by atoms with van der Waals surface area (Å²) in [5.74, 6) is 2.18. The first-order valence-electron chi connectivity index (χ1n) is 8.41. The molecular formula is C17H30BrN3. The number of hydrogen-bond donors (Lipinski definition) is 1. The summed E-state index contributed by atoms with van der Waals surface area (Å²) in [6, 6.07) is 1.95. The third-order valence-corrected chi connectivity index (χ3v) is 3.97. The van der Waals surface area contributed by atoms with Crippen LogP contribution in [0.25, 0.3) is 0 Å². The van der Waals surface area contributed by atoms with Gasteiger partial charge in [0, 0.05) is 18.5 Å². The fourth-order valence-electron chi connectivity index (χ4n) is 2.26. The van der Waals surface area contributed by atoms with Crippen molar-refractivity contribution in [3.05, 3.63) is 16.5 Å². The van der Waals surface area contributed by atoms with E-state index in [0.717, 1.165) is 22.8 Å². The Bertz CT molecular complexity index is 394. The minimum atomic E-state index is 0.353. The molecule has 0 aromatic carbocycles. The molecule has 0 saturated heterocycles. The Morgan fingerprint density at radius 2 is 1.62 bits per heavy atom. The first kappa shape index (κ1) is 18.4. The number of nitrogens with one attached hydrogen (secondary N) is 1. The van der Waals surface area contributed by atoms with Crippen molar-refractivity contribution in [1.29, 1.82) is 0 Å². The van der Waals surface area contributed by atoms with E-state index in [1.165, 1.54) is 51.4 Å². The van der Waals surface area contributed by atoms with E-state index in [0.29, 0.717) is 5.92 Å². The van der Waals surface area contributed by atoms with Crippen molar-refractivity contribution >= 4 is 21.7 Å². The fraction of sp³-hybridized carbons (Fsp3) is 0.765. The Balaban J connectivity index is 2.15. The third kappa shape index (κ3) is 8.40. The van der Waals surface area contributed by atoms with Crippen LogP contribution in [-0.2, 0) is 0 Å². The first-order chi connectivity index (χ1) is 10.1. The summed E-state index contributed by atoms with van der Waals surface area (Å²) >= 11 is 3.45. The maximum atomic E-state index is 4.55. The molecule has 1 heterocycles. The van der Waals surface area contributed by atoms with Gasteiger partial charge < -0.3 is 5.32 Å². The van der Waals surface area contributed by atoms with Crippen LogP contribution in [0.1, 0.15) is 83.9 Å². The van der Waals surface area contributed by atoms with E-state index >= 15 is 0 Å². The zero-order valence-electron chi connectivity index (χ0n) is 13.8. The Morgan fingerprint density at radius 1 is 1.00 bits per heavy atom. The molecular weight excluding hydrogens is 326 g/mol. The highest BCUT2D eigenvalue weighted by Gasteiger charge is 2.06. The number of anilines is 1. The number of nitrogens with zero attached hydrogens (tertiary/aromatic N) is 2. The molecule has 0 aliphatic carbocycles. The number of aromatic nitrogens is 2. The molecule has 4 heteroatoms. The largest absolute Gasteiger partial charge is 0.370 e. The summed E-state index contributed by atoms with van der Waals surface area (Å²) in [6.07, 6.45) is 10.8. The lowest BCUT2D eigenvalue weighted by molar-refractivity contribution is 0.581. The number of rotatable bonds is 11. The molecule has 0 fully saturated rings. The number of halogens is 1. The van der Waals surface area contributed by atoms with Gasteiger partial charge in [0.2, 0.25) is 0 Å². The van der Waals surface area contributed by atoms with Gasteiger partial charge in [-0.25, -0.2) is 9.97 Å². The topological polar surface area (TPSA) is 37.8 Å². The minimum absolute atomic E-state index is 0.353. The Hall–Kier alpha value is -0.640. The molecule has 0 aliphatic rings. The van der Waals surface area contributed by atoms with Crippen LogP contribution in [0.2, 0.25) is 0 Å². The minimum Gasteiger partial charge on any atom is -0.370 e. The zero-order valence-corrected chi connectivity index (χ0v) is 15.4. The van der Waals surface area contributed by atoms with Gasteiger partial charge in [-0.3, -0.25) is 0 Å². The van der Waals surface area contributed by atoms with E-state index in [9.17, 15) is 0 Å². The van der Waals surface area contributed by atoms with Gasteiger partial charge in [0.05, 0.1) is 0 Å².